The number of hydrogen-bond acceptors (Lipinski definition) is 3. The Morgan fingerprint density at radius 1 is 1.21 bits per heavy atom. The molecule has 0 aromatic heterocycles. The van der Waals surface area contributed by atoms with Gasteiger partial charge in [-0.1, -0.05) is 13.8 Å². The van der Waals surface area contributed by atoms with Crippen molar-refractivity contribution in [1.82, 2.24) is 5.32 Å². The average Bonchev–Trinajstić information content (AvgIpc) is 2.02. The highest BCUT2D eigenvalue weighted by Gasteiger charge is 2.16. The van der Waals surface area contributed by atoms with Gasteiger partial charge < -0.3 is 14.8 Å². The SMILES string of the molecule is CNCC(C)(C)OCCOCC(C)C. The molecule has 0 heterocycles. The molecular formula is C11H25NO2. The molecule has 0 rings (SSSR count). The van der Waals surface area contributed by atoms with Crippen LogP contribution in [0.5, 0.6) is 0 Å². The van der Waals surface area contributed by atoms with E-state index < -0.39 is 0 Å². The van der Waals surface area contributed by atoms with Gasteiger partial charge in [0, 0.05) is 13.2 Å². The van der Waals surface area contributed by atoms with Crippen molar-refractivity contribution in [1.29, 1.82) is 0 Å². The summed E-state index contributed by atoms with van der Waals surface area (Å²) >= 11 is 0. The van der Waals surface area contributed by atoms with E-state index in [1.165, 1.54) is 0 Å². The zero-order chi connectivity index (χ0) is 11.0. The van der Waals surface area contributed by atoms with Crippen molar-refractivity contribution in [2.75, 3.05) is 33.4 Å². The molecule has 0 saturated heterocycles. The predicted octanol–water partition coefficient (Wildman–Crippen LogP) is 1.67. The first kappa shape index (κ1) is 13.9. The number of nitrogens with one attached hydrogen (secondary N) is 1. The van der Waals surface area contributed by atoms with E-state index in [9.17, 15) is 0 Å². The number of rotatable bonds is 8. The van der Waals surface area contributed by atoms with E-state index in [2.05, 4.69) is 33.0 Å². The predicted molar refractivity (Wildman–Crippen MR) is 59.6 cm³/mol. The van der Waals surface area contributed by atoms with E-state index in [1.54, 1.807) is 0 Å². The minimum absolute atomic E-state index is 0.101. The lowest BCUT2D eigenvalue weighted by atomic mass is 10.1. The van der Waals surface area contributed by atoms with E-state index in [0.29, 0.717) is 19.1 Å². The highest BCUT2D eigenvalue weighted by atomic mass is 16.5. The molecule has 14 heavy (non-hydrogen) atoms. The Hall–Kier alpha value is -0.120. The van der Waals surface area contributed by atoms with Crippen molar-refractivity contribution < 1.29 is 9.47 Å². The minimum Gasteiger partial charge on any atom is -0.379 e. The van der Waals surface area contributed by atoms with Gasteiger partial charge in [-0.15, -0.1) is 0 Å². The summed E-state index contributed by atoms with van der Waals surface area (Å²) in [4.78, 5) is 0. The third-order valence-corrected chi connectivity index (χ3v) is 1.77. The molecule has 1 N–H and O–H groups in total. The molecule has 0 aromatic carbocycles. The van der Waals surface area contributed by atoms with Crippen LogP contribution in [-0.4, -0.2) is 39.0 Å². The molecule has 0 aliphatic heterocycles. The first-order valence-corrected chi connectivity index (χ1v) is 5.34. The molecule has 0 bridgehead atoms. The van der Waals surface area contributed by atoms with Gasteiger partial charge in [-0.2, -0.15) is 0 Å². The number of ether oxygens (including phenoxy) is 2. The minimum atomic E-state index is -0.101. The maximum atomic E-state index is 5.66. The Bertz CT molecular complexity index is 135. The lowest BCUT2D eigenvalue weighted by Crippen LogP contribution is -2.36. The molecule has 0 saturated carbocycles. The second-order valence-corrected chi connectivity index (χ2v) is 4.61. The fourth-order valence-corrected chi connectivity index (χ4v) is 1.17. The highest BCUT2D eigenvalue weighted by Crippen LogP contribution is 2.06. The van der Waals surface area contributed by atoms with Gasteiger partial charge in [0.15, 0.2) is 0 Å². The van der Waals surface area contributed by atoms with Gasteiger partial charge in [0.05, 0.1) is 18.8 Å². The summed E-state index contributed by atoms with van der Waals surface area (Å²) in [5, 5.41) is 3.10. The molecule has 86 valence electrons. The Kier molecular flexibility index (Phi) is 7.15. The summed E-state index contributed by atoms with van der Waals surface area (Å²) < 4.78 is 11.1. The van der Waals surface area contributed by atoms with Gasteiger partial charge in [-0.25, -0.2) is 0 Å². The molecule has 0 radical (unpaired) electrons. The number of hydrogen-bond donors (Lipinski definition) is 1. The van der Waals surface area contributed by atoms with Crippen molar-refractivity contribution >= 4 is 0 Å². The summed E-state index contributed by atoms with van der Waals surface area (Å²) in [5.74, 6) is 0.598. The Morgan fingerprint density at radius 2 is 1.86 bits per heavy atom. The second kappa shape index (κ2) is 7.21. The molecule has 0 aromatic rings. The summed E-state index contributed by atoms with van der Waals surface area (Å²) in [6, 6.07) is 0. The van der Waals surface area contributed by atoms with Gasteiger partial charge >= 0.3 is 0 Å². The topological polar surface area (TPSA) is 30.5 Å². The van der Waals surface area contributed by atoms with Crippen LogP contribution in [0.25, 0.3) is 0 Å². The van der Waals surface area contributed by atoms with Crippen molar-refractivity contribution in [2.24, 2.45) is 5.92 Å². The summed E-state index contributed by atoms with van der Waals surface area (Å²) in [6.07, 6.45) is 0. The maximum Gasteiger partial charge on any atom is 0.0751 e. The zero-order valence-corrected chi connectivity index (χ0v) is 10.2. The van der Waals surface area contributed by atoms with Crippen molar-refractivity contribution in [3.63, 3.8) is 0 Å². The molecule has 0 unspecified atom stereocenters. The smallest absolute Gasteiger partial charge is 0.0751 e. The van der Waals surface area contributed by atoms with Gasteiger partial charge in [0.25, 0.3) is 0 Å². The quantitative estimate of drug-likeness (QED) is 0.609. The molecule has 0 aliphatic carbocycles. The molecule has 0 aliphatic rings. The maximum absolute atomic E-state index is 5.66. The van der Waals surface area contributed by atoms with Crippen molar-refractivity contribution in [3.05, 3.63) is 0 Å². The van der Waals surface area contributed by atoms with Gasteiger partial charge in [0.1, 0.15) is 0 Å². The largest absolute Gasteiger partial charge is 0.379 e. The van der Waals surface area contributed by atoms with E-state index in [-0.39, 0.29) is 5.60 Å². The van der Waals surface area contributed by atoms with Crippen LogP contribution in [0.2, 0.25) is 0 Å². The van der Waals surface area contributed by atoms with Crippen LogP contribution < -0.4 is 5.32 Å². The Morgan fingerprint density at radius 3 is 2.36 bits per heavy atom. The molecule has 0 atom stereocenters. The lowest BCUT2D eigenvalue weighted by molar-refractivity contribution is -0.0463. The van der Waals surface area contributed by atoms with Crippen LogP contribution in [-0.2, 0) is 9.47 Å². The van der Waals surface area contributed by atoms with E-state index in [4.69, 9.17) is 9.47 Å². The van der Waals surface area contributed by atoms with Crippen LogP contribution in [0.4, 0.5) is 0 Å². The van der Waals surface area contributed by atoms with Gasteiger partial charge in [0.2, 0.25) is 0 Å². The molecule has 3 nitrogen and oxygen atoms in total. The zero-order valence-electron chi connectivity index (χ0n) is 10.2. The van der Waals surface area contributed by atoms with Gasteiger partial charge in [-0.3, -0.25) is 0 Å². The summed E-state index contributed by atoms with van der Waals surface area (Å²) in [5.41, 5.74) is -0.101. The fraction of sp³-hybridized carbons (Fsp3) is 1.00. The number of likely N-dealkylation sites (N-methyl/N-ethyl adjacent to an activating group) is 1. The van der Waals surface area contributed by atoms with Crippen molar-refractivity contribution in [3.8, 4) is 0 Å². The standard InChI is InChI=1S/C11H25NO2/c1-10(2)8-13-6-7-14-11(3,4)9-12-5/h10,12H,6-9H2,1-5H3. The molecule has 0 amide bonds. The Labute approximate surface area is 88.2 Å². The third-order valence-electron chi connectivity index (χ3n) is 1.77. The molecule has 0 fully saturated rings. The van der Waals surface area contributed by atoms with Crippen LogP contribution in [0.1, 0.15) is 27.7 Å². The molecular weight excluding hydrogens is 178 g/mol. The first-order chi connectivity index (χ1) is 6.48. The van der Waals surface area contributed by atoms with Crippen molar-refractivity contribution in [2.45, 2.75) is 33.3 Å². The fourth-order valence-electron chi connectivity index (χ4n) is 1.17. The highest BCUT2D eigenvalue weighted by molar-refractivity contribution is 4.70. The third kappa shape index (κ3) is 8.48. The summed E-state index contributed by atoms with van der Waals surface area (Å²) in [7, 11) is 1.93. The second-order valence-electron chi connectivity index (χ2n) is 4.61. The molecule has 0 spiro atoms. The first-order valence-electron chi connectivity index (χ1n) is 5.34. The van der Waals surface area contributed by atoms with E-state index in [0.717, 1.165) is 13.2 Å². The monoisotopic (exact) mass is 203 g/mol. The van der Waals surface area contributed by atoms with Crippen LogP contribution in [0, 0.1) is 5.92 Å². The average molecular weight is 203 g/mol. The van der Waals surface area contributed by atoms with E-state index in [1.807, 2.05) is 7.05 Å². The normalized spacial score (nSPS) is 12.4. The molecule has 3 heteroatoms. The Balaban J connectivity index is 3.34. The summed E-state index contributed by atoms with van der Waals surface area (Å²) in [6.45, 7) is 11.5. The van der Waals surface area contributed by atoms with Crippen LogP contribution in [0.3, 0.4) is 0 Å². The van der Waals surface area contributed by atoms with Crippen LogP contribution in [0.15, 0.2) is 0 Å². The van der Waals surface area contributed by atoms with Crippen LogP contribution >= 0.6 is 0 Å². The lowest BCUT2D eigenvalue weighted by Gasteiger charge is -2.24. The van der Waals surface area contributed by atoms with E-state index >= 15 is 0 Å². The van der Waals surface area contributed by atoms with Gasteiger partial charge in [-0.05, 0) is 26.8 Å².